The van der Waals surface area contributed by atoms with Gasteiger partial charge in [-0.3, -0.25) is 19.1 Å². The van der Waals surface area contributed by atoms with Gasteiger partial charge in [0.15, 0.2) is 0 Å². The van der Waals surface area contributed by atoms with E-state index >= 15 is 0 Å². The first-order valence-electron chi connectivity index (χ1n) is 8.20. The van der Waals surface area contributed by atoms with E-state index in [1.807, 2.05) is 57.8 Å². The molecule has 1 aromatic heterocycles. The van der Waals surface area contributed by atoms with Crippen molar-refractivity contribution in [3.8, 4) is 0 Å². The molecule has 142 valence electrons. The molecule has 2 aliphatic rings. The number of H-pyrrole nitrogens is 1. The Kier molecular flexibility index (Phi) is 11.1. The van der Waals surface area contributed by atoms with Gasteiger partial charge in [0.25, 0.3) is 5.56 Å². The van der Waals surface area contributed by atoms with Crippen molar-refractivity contribution in [1.82, 2.24) is 9.55 Å². The number of nitrogens with zero attached hydrogens (tertiary/aromatic N) is 1. The largest absolute Gasteiger partial charge is 2.00 e. The topological polar surface area (TPSA) is 93.2 Å². The molecule has 0 saturated heterocycles. The Hall–Kier alpha value is -1.53. The Balaban J connectivity index is 0.000000526. The van der Waals surface area contributed by atoms with E-state index in [1.165, 1.54) is 6.20 Å². The quantitative estimate of drug-likeness (QED) is 0.537. The summed E-state index contributed by atoms with van der Waals surface area (Å²) in [6.07, 6.45) is 18.9. The molecule has 2 fully saturated rings. The van der Waals surface area contributed by atoms with E-state index < -0.39 is 17.2 Å². The van der Waals surface area contributed by atoms with E-state index in [0.717, 1.165) is 10.5 Å². The van der Waals surface area contributed by atoms with Crippen molar-refractivity contribution >= 4 is 11.7 Å². The molecule has 1 heterocycles. The Bertz CT molecular complexity index is 669. The summed E-state index contributed by atoms with van der Waals surface area (Å²) in [5.74, 6) is 0.478. The molecule has 1 aromatic rings. The van der Waals surface area contributed by atoms with Gasteiger partial charge < -0.3 is 10.1 Å². The number of esters is 1. The van der Waals surface area contributed by atoms with E-state index in [9.17, 15) is 14.4 Å². The molecule has 2 aliphatic carbocycles. The third kappa shape index (κ3) is 8.35. The monoisotopic (exact) mass is 411 g/mol. The van der Waals surface area contributed by atoms with Crippen LogP contribution in [-0.4, -0.2) is 28.7 Å². The summed E-state index contributed by atoms with van der Waals surface area (Å²) >= 11 is 0. The summed E-state index contributed by atoms with van der Waals surface area (Å²) in [6.45, 7) is 2.13. The summed E-state index contributed by atoms with van der Waals surface area (Å²) in [5.41, 5.74) is -0.946. The molecule has 2 N–H and O–H groups in total. The number of anilines is 1. The van der Waals surface area contributed by atoms with Gasteiger partial charge in [0.2, 0.25) is 0 Å². The van der Waals surface area contributed by atoms with Gasteiger partial charge in [-0.25, -0.2) is 4.79 Å². The summed E-state index contributed by atoms with van der Waals surface area (Å²) in [7, 11) is 0. The van der Waals surface area contributed by atoms with Crippen LogP contribution in [0.25, 0.3) is 0 Å². The molecule has 0 aromatic carbocycles. The molecule has 8 heteroatoms. The number of hydrogen-bond donors (Lipinski definition) is 2. The fourth-order valence-electron chi connectivity index (χ4n) is 2.15. The second-order valence-corrected chi connectivity index (χ2v) is 5.34. The van der Waals surface area contributed by atoms with Crippen LogP contribution >= 0.6 is 0 Å². The van der Waals surface area contributed by atoms with Crippen molar-refractivity contribution < 1.29 is 26.6 Å². The molecule has 0 bridgehead atoms. The number of ether oxygens (including phenoxy) is 1. The van der Waals surface area contributed by atoms with E-state index in [4.69, 9.17) is 4.74 Å². The van der Waals surface area contributed by atoms with Gasteiger partial charge in [-0.15, -0.1) is 0 Å². The molecule has 0 spiro atoms. The summed E-state index contributed by atoms with van der Waals surface area (Å²) in [6, 6.07) is 0. The maximum absolute atomic E-state index is 11.7. The van der Waals surface area contributed by atoms with Crippen LogP contribution in [0.1, 0.15) is 6.92 Å². The number of hydrogen-bond acceptors (Lipinski definition) is 5. The van der Waals surface area contributed by atoms with Crippen LogP contribution in [-0.2, 0) is 33.1 Å². The molecule has 0 unspecified atom stereocenters. The second-order valence-electron chi connectivity index (χ2n) is 5.34. The molecular formula is C19H21FeN3O4+2. The van der Waals surface area contributed by atoms with Crippen molar-refractivity contribution in [3.63, 3.8) is 0 Å². The smallest absolute Gasteiger partial charge is 0.465 e. The van der Waals surface area contributed by atoms with Crippen LogP contribution in [0.3, 0.4) is 0 Å². The van der Waals surface area contributed by atoms with E-state index in [2.05, 4.69) is 10.3 Å². The third-order valence-corrected chi connectivity index (χ3v) is 3.39. The first-order valence-corrected chi connectivity index (χ1v) is 8.20. The van der Waals surface area contributed by atoms with Crippen molar-refractivity contribution in [3.05, 3.63) is 90.7 Å². The van der Waals surface area contributed by atoms with Crippen LogP contribution in [0.4, 0.5) is 5.69 Å². The zero-order valence-electron chi connectivity index (χ0n) is 14.8. The maximum Gasteiger partial charge on any atom is 2.00 e. The van der Waals surface area contributed by atoms with E-state index in [1.54, 1.807) is 6.92 Å². The Morgan fingerprint density at radius 3 is 2.22 bits per heavy atom. The number of carbonyl (C=O) groups is 1. The van der Waals surface area contributed by atoms with Gasteiger partial charge >= 0.3 is 28.7 Å². The van der Waals surface area contributed by atoms with Crippen molar-refractivity contribution in [2.75, 3.05) is 18.5 Å². The third-order valence-electron chi connectivity index (χ3n) is 3.39. The molecule has 0 atom stereocenters. The van der Waals surface area contributed by atoms with Crippen molar-refractivity contribution in [1.29, 1.82) is 0 Å². The molecule has 2 saturated carbocycles. The standard InChI is InChI=1S/C14H16N3O4.C5H5.Fe/c1-2-21-12(18)9-17-8-11(13(19)16-14(17)20)15-7-10-5-3-4-6-10;1-2-4-5-3-1;/h3-6,8,15H,2,7,9H2,1H3,(H,16,19,20);1-5H;/q;;+2. The fraction of sp³-hybridized carbons (Fsp3) is 0.211. The molecule has 0 aliphatic heterocycles. The summed E-state index contributed by atoms with van der Waals surface area (Å²) in [4.78, 5) is 36.9. The Labute approximate surface area is 170 Å². The van der Waals surface area contributed by atoms with Gasteiger partial charge in [-0.1, -0.05) is 0 Å². The number of aromatic nitrogens is 2. The van der Waals surface area contributed by atoms with Crippen LogP contribution in [0.2, 0.25) is 0 Å². The molecule has 27 heavy (non-hydrogen) atoms. The zero-order chi connectivity index (χ0) is 18.8. The van der Waals surface area contributed by atoms with Crippen LogP contribution in [0.15, 0.2) is 15.8 Å². The predicted molar refractivity (Wildman–Crippen MR) is 98.4 cm³/mol. The van der Waals surface area contributed by atoms with Crippen molar-refractivity contribution in [2.24, 2.45) is 0 Å². The Morgan fingerprint density at radius 2 is 1.67 bits per heavy atom. The minimum atomic E-state index is -0.646. The minimum absolute atomic E-state index is 0. The van der Waals surface area contributed by atoms with Crippen LogP contribution < -0.4 is 16.6 Å². The van der Waals surface area contributed by atoms with Gasteiger partial charge in [0.05, 0.1) is 6.61 Å². The summed E-state index contributed by atoms with van der Waals surface area (Å²) in [5, 5.41) is 2.93. The van der Waals surface area contributed by atoms with Gasteiger partial charge in [0.1, 0.15) is 12.2 Å². The van der Waals surface area contributed by atoms with E-state index in [-0.39, 0.29) is 35.9 Å². The molecule has 10 radical (unpaired) electrons. The molecule has 7 nitrogen and oxygen atoms in total. The first kappa shape index (κ1) is 23.5. The predicted octanol–water partition coefficient (Wildman–Crippen LogP) is 0.936. The van der Waals surface area contributed by atoms with Crippen LogP contribution in [0, 0.1) is 63.7 Å². The minimum Gasteiger partial charge on any atom is -0.465 e. The fourth-order valence-corrected chi connectivity index (χ4v) is 2.15. The average molecular weight is 411 g/mol. The second kappa shape index (κ2) is 12.8. The van der Waals surface area contributed by atoms with Gasteiger partial charge in [-0.2, -0.15) is 0 Å². The van der Waals surface area contributed by atoms with Gasteiger partial charge in [0, 0.05) is 18.7 Å². The van der Waals surface area contributed by atoms with Crippen molar-refractivity contribution in [2.45, 2.75) is 13.5 Å². The average Bonchev–Trinajstić information content (AvgIpc) is 3.33. The molecule has 0 amide bonds. The molecular weight excluding hydrogens is 390 g/mol. The van der Waals surface area contributed by atoms with Crippen LogP contribution in [0.5, 0.6) is 0 Å². The van der Waals surface area contributed by atoms with E-state index in [0.29, 0.717) is 6.54 Å². The SMILES string of the molecule is CCOC(=O)Cn1cc(NC[C]2[CH][CH][CH][CH]2)c(=O)[nH]c1=O.[CH]1[CH][CH][CH][CH]1.[Fe+2]. The zero-order valence-corrected chi connectivity index (χ0v) is 15.9. The number of rotatable bonds is 6. The van der Waals surface area contributed by atoms with Gasteiger partial charge in [-0.05, 0) is 64.7 Å². The number of nitrogens with one attached hydrogen (secondary N) is 2. The summed E-state index contributed by atoms with van der Waals surface area (Å²) < 4.78 is 5.88. The Morgan fingerprint density at radius 1 is 1.07 bits per heavy atom. The normalized spacial score (nSPS) is 16.2. The molecule has 3 rings (SSSR count). The maximum atomic E-state index is 11.7. The number of aromatic amines is 1. The first-order chi connectivity index (χ1) is 12.6. The number of carbonyl (C=O) groups excluding carboxylic acids is 1.